The fourth-order valence-corrected chi connectivity index (χ4v) is 9.21. The SMILES string of the molecule is [2H]C=C([2H])/C([2H])=C(/[2H])C(=C[2H])C(=C[2H])/C([2H])=C(/[2H])C(=C[2H])C1=C([2H])C([2H])=C(N(c2cccc(-c3cc4ccccc4c4ccccc34)c2)c2ccc3c(c2)C(c2ccccc2)(c2ccccc2)c2ccccc2-3)C([2H])C1[2H]. The van der Waals surface area contributed by atoms with Crippen molar-refractivity contribution in [3.63, 3.8) is 0 Å². The molecule has 64 heavy (non-hydrogen) atoms. The van der Waals surface area contributed by atoms with Gasteiger partial charge in [0.1, 0.15) is 0 Å². The lowest BCUT2D eigenvalue weighted by Crippen LogP contribution is -2.29. The van der Waals surface area contributed by atoms with Crippen molar-refractivity contribution in [1.82, 2.24) is 0 Å². The van der Waals surface area contributed by atoms with Gasteiger partial charge in [-0.25, -0.2) is 0 Å². The highest BCUT2D eigenvalue weighted by atomic mass is 15.1. The Hall–Kier alpha value is -8.00. The van der Waals surface area contributed by atoms with E-state index in [0.29, 0.717) is 37.6 Å². The van der Waals surface area contributed by atoms with Crippen LogP contribution in [0.5, 0.6) is 0 Å². The molecule has 0 spiro atoms. The molecule has 8 aromatic rings. The third-order valence-electron chi connectivity index (χ3n) is 12.0. The topological polar surface area (TPSA) is 3.24 Å². The van der Waals surface area contributed by atoms with Crippen molar-refractivity contribution in [2.75, 3.05) is 4.90 Å². The van der Waals surface area contributed by atoms with E-state index in [1.54, 1.807) is 4.90 Å². The molecular formula is C63H49N. The first kappa shape index (κ1) is 27.8. The molecule has 2 aliphatic rings. The number of rotatable bonds is 12. The number of allylic oxidation sites excluding steroid dienone is 12. The van der Waals surface area contributed by atoms with Gasteiger partial charge in [0, 0.05) is 19.8 Å². The Morgan fingerprint density at radius 1 is 0.562 bits per heavy atom. The van der Waals surface area contributed by atoms with Gasteiger partial charge in [-0.2, -0.15) is 0 Å². The molecule has 0 aromatic heterocycles. The van der Waals surface area contributed by atoms with E-state index < -0.39 is 77.3 Å². The Kier molecular flexibility index (Phi) is 7.42. The predicted molar refractivity (Wildman–Crippen MR) is 274 cm³/mol. The zero-order valence-corrected chi connectivity index (χ0v) is 34.7. The summed E-state index contributed by atoms with van der Waals surface area (Å²) in [5, 5.41) is 4.22. The van der Waals surface area contributed by atoms with Gasteiger partial charge in [0.15, 0.2) is 0 Å². The number of hydrogen-bond donors (Lipinski definition) is 0. The van der Waals surface area contributed by atoms with Crippen molar-refractivity contribution < 1.29 is 17.8 Å². The normalized spacial score (nSPS) is 21.4. The van der Waals surface area contributed by atoms with Gasteiger partial charge in [-0.05, 0) is 138 Å². The second kappa shape index (κ2) is 17.0. The van der Waals surface area contributed by atoms with E-state index in [4.69, 9.17) is 11.0 Å². The smallest absolute Gasteiger partial charge is 0.0714 e. The highest BCUT2D eigenvalue weighted by Crippen LogP contribution is 2.57. The monoisotopic (exact) mass is 832 g/mol. The third kappa shape index (κ3) is 7.02. The van der Waals surface area contributed by atoms with E-state index >= 15 is 0 Å². The standard InChI is InChI=1S/C63H49N/c1-5-6-20-44(2)45(3)33-34-46(4)47-35-37-52(38-36-47)64(53-27-19-22-48(41-53)60-42-49-21-13-14-28-55(49)56-29-15-16-30-57(56)60)54-39-40-59-58-31-17-18-32-61(58)63(62(59)43-54,50-23-9-7-10-24-50)51-25-11-8-12-26-51/h5-35,37,39-43H,1-4,36,38H2/b20-6-,34-33-/i1D,2D,3D,4D,5D,6D,20D,33D,34D,35D,36D,37D,38D/b5-1?,20-6-,34-33-,44-2?,45-3?,46-4?. The van der Waals surface area contributed by atoms with Crippen LogP contribution < -0.4 is 4.90 Å². The first-order valence-electron chi connectivity index (χ1n) is 27.9. The lowest BCUT2D eigenvalue weighted by molar-refractivity contribution is 0.768. The van der Waals surface area contributed by atoms with Crippen LogP contribution in [0, 0.1) is 0 Å². The molecule has 306 valence electrons. The predicted octanol–water partition coefficient (Wildman–Crippen LogP) is 16.7. The molecule has 0 fully saturated rings. The van der Waals surface area contributed by atoms with Gasteiger partial charge < -0.3 is 4.90 Å². The van der Waals surface area contributed by atoms with Gasteiger partial charge in [0.2, 0.25) is 0 Å². The Labute approximate surface area is 396 Å². The average Bonchev–Trinajstić information content (AvgIpc) is 4.02. The molecule has 0 saturated heterocycles. The molecular weight excluding hydrogens is 771 g/mol. The van der Waals surface area contributed by atoms with Crippen molar-refractivity contribution in [2.45, 2.75) is 18.2 Å². The summed E-state index contributed by atoms with van der Waals surface area (Å²) in [5.41, 5.74) is 6.29. The van der Waals surface area contributed by atoms with E-state index in [2.05, 4.69) is 78.9 Å². The van der Waals surface area contributed by atoms with Gasteiger partial charge in [-0.3, -0.25) is 0 Å². The zero-order valence-electron chi connectivity index (χ0n) is 47.7. The maximum absolute atomic E-state index is 10.0. The van der Waals surface area contributed by atoms with E-state index in [9.17, 15) is 6.85 Å². The largest absolute Gasteiger partial charge is 0.314 e. The highest BCUT2D eigenvalue weighted by molar-refractivity contribution is 6.14. The minimum Gasteiger partial charge on any atom is -0.314 e. The van der Waals surface area contributed by atoms with Crippen LogP contribution in [-0.4, -0.2) is 0 Å². The molecule has 8 aromatic carbocycles. The van der Waals surface area contributed by atoms with Crippen LogP contribution in [0.3, 0.4) is 0 Å². The van der Waals surface area contributed by atoms with E-state index in [1.807, 2.05) is 103 Å². The fraction of sp³-hybridized carbons (Fsp3) is 0.0476. The average molecular weight is 833 g/mol. The molecule has 0 saturated carbocycles. The number of nitrogens with zero attached hydrogens (tertiary/aromatic N) is 1. The molecule has 0 N–H and O–H groups in total. The number of benzene rings is 8. The zero-order chi connectivity index (χ0) is 54.3. The molecule has 1 nitrogen and oxygen atoms in total. The summed E-state index contributed by atoms with van der Waals surface area (Å²) in [6.45, 7) is 2.38. The molecule has 2 unspecified atom stereocenters. The van der Waals surface area contributed by atoms with E-state index in [-0.39, 0.29) is 11.3 Å². The van der Waals surface area contributed by atoms with Crippen molar-refractivity contribution in [3.8, 4) is 22.3 Å². The second-order valence-electron chi connectivity index (χ2n) is 15.6. The van der Waals surface area contributed by atoms with Crippen LogP contribution >= 0.6 is 0 Å². The highest BCUT2D eigenvalue weighted by Gasteiger charge is 2.46. The van der Waals surface area contributed by atoms with Gasteiger partial charge in [-0.15, -0.1) is 0 Å². The Morgan fingerprint density at radius 3 is 2.03 bits per heavy atom. The molecule has 2 aliphatic carbocycles. The molecule has 0 radical (unpaired) electrons. The van der Waals surface area contributed by atoms with Gasteiger partial charge >= 0.3 is 0 Å². The Morgan fingerprint density at radius 2 is 1.25 bits per heavy atom. The molecule has 0 aliphatic heterocycles. The summed E-state index contributed by atoms with van der Waals surface area (Å²) in [5.74, 6) is 0. The van der Waals surface area contributed by atoms with Crippen LogP contribution in [-0.2, 0) is 5.41 Å². The van der Waals surface area contributed by atoms with Crippen LogP contribution in [0.2, 0.25) is 0 Å². The van der Waals surface area contributed by atoms with Gasteiger partial charge in [0.05, 0.1) is 20.5 Å². The van der Waals surface area contributed by atoms with Crippen molar-refractivity contribution >= 4 is 32.9 Å². The minimum absolute atomic E-state index is 0.0162. The summed E-state index contributed by atoms with van der Waals surface area (Å²) in [6.07, 6.45) is -3.35. The van der Waals surface area contributed by atoms with E-state index in [0.717, 1.165) is 66.1 Å². The first-order valence-corrected chi connectivity index (χ1v) is 20.9. The van der Waals surface area contributed by atoms with Crippen molar-refractivity contribution in [2.24, 2.45) is 0 Å². The second-order valence-corrected chi connectivity index (χ2v) is 15.6. The molecule has 0 bridgehead atoms. The number of hydrogen-bond acceptors (Lipinski definition) is 1. The lowest BCUT2D eigenvalue weighted by atomic mass is 9.67. The number of anilines is 2. The van der Waals surface area contributed by atoms with Crippen LogP contribution in [0.1, 0.15) is 52.9 Å². The molecule has 1 heteroatoms. The lowest BCUT2D eigenvalue weighted by Gasteiger charge is -2.35. The molecule has 2 atom stereocenters. The van der Waals surface area contributed by atoms with Crippen molar-refractivity contribution in [1.29, 1.82) is 0 Å². The van der Waals surface area contributed by atoms with Gasteiger partial charge in [-0.1, -0.05) is 214 Å². The van der Waals surface area contributed by atoms with Crippen LogP contribution in [0.15, 0.2) is 279 Å². The van der Waals surface area contributed by atoms with E-state index in [1.165, 1.54) is 0 Å². The van der Waals surface area contributed by atoms with Gasteiger partial charge in [0.25, 0.3) is 0 Å². The summed E-state index contributed by atoms with van der Waals surface area (Å²) in [4.78, 5) is 1.78. The quantitative estimate of drug-likeness (QED) is 0.0876. The Bertz CT molecular complexity index is 3880. The third-order valence-corrected chi connectivity index (χ3v) is 12.0. The first-order chi connectivity index (χ1) is 37.3. The minimum atomic E-state index is -1.72. The van der Waals surface area contributed by atoms with Crippen LogP contribution in [0.25, 0.3) is 43.8 Å². The van der Waals surface area contributed by atoms with Crippen molar-refractivity contribution in [3.05, 3.63) is 301 Å². The van der Waals surface area contributed by atoms with Crippen LogP contribution in [0.4, 0.5) is 11.4 Å². The maximum atomic E-state index is 10.0. The summed E-state index contributed by atoms with van der Waals surface area (Å²) in [6, 6.07) is 56.5. The summed E-state index contributed by atoms with van der Waals surface area (Å²) >= 11 is 0. The summed E-state index contributed by atoms with van der Waals surface area (Å²) < 4.78 is 114. The maximum Gasteiger partial charge on any atom is 0.0714 e. The molecule has 0 heterocycles. The Balaban J connectivity index is 1.22. The molecule has 10 rings (SSSR count). The fourth-order valence-electron chi connectivity index (χ4n) is 9.21. The number of fused-ring (bicyclic) bond motifs is 6. The molecule has 0 amide bonds. The summed E-state index contributed by atoms with van der Waals surface area (Å²) in [7, 11) is 0.